The molecule has 1 fully saturated rings. The van der Waals surface area contributed by atoms with Gasteiger partial charge in [-0.25, -0.2) is 4.98 Å². The van der Waals surface area contributed by atoms with Crippen molar-refractivity contribution in [2.24, 2.45) is 0 Å². The molecule has 0 aliphatic carbocycles. The summed E-state index contributed by atoms with van der Waals surface area (Å²) in [5, 5.41) is 2.92. The number of pyridine rings is 1. The molecule has 32 heavy (non-hydrogen) atoms. The van der Waals surface area contributed by atoms with Crippen molar-refractivity contribution in [2.45, 2.75) is 13.5 Å². The fourth-order valence-electron chi connectivity index (χ4n) is 3.74. The molecule has 3 aromatic rings. The molecule has 164 valence electrons. The van der Waals surface area contributed by atoms with E-state index < -0.39 is 0 Å². The van der Waals surface area contributed by atoms with E-state index in [-0.39, 0.29) is 5.91 Å². The summed E-state index contributed by atoms with van der Waals surface area (Å²) < 4.78 is 7.34. The average Bonchev–Trinajstić information content (AvgIpc) is 3.24. The molecule has 1 aliphatic rings. The van der Waals surface area contributed by atoms with E-state index in [1.807, 2.05) is 48.0 Å². The number of morpholine rings is 1. The maximum absolute atomic E-state index is 12.9. The van der Waals surface area contributed by atoms with Crippen molar-refractivity contribution >= 4 is 11.6 Å². The average molecular weight is 429 g/mol. The van der Waals surface area contributed by atoms with E-state index in [2.05, 4.69) is 41.1 Å². The van der Waals surface area contributed by atoms with Crippen LogP contribution in [0.3, 0.4) is 0 Å². The van der Waals surface area contributed by atoms with Crippen LogP contribution >= 0.6 is 0 Å². The SMILES string of the molecule is C=C/C=C\C=C(/C)NC(=O)c1cccn2cc(-c3cccc(CN4CCOCC4)c3)nc12. The second-order valence-corrected chi connectivity index (χ2v) is 7.79. The molecule has 1 aromatic carbocycles. The normalized spacial score (nSPS) is 15.3. The molecule has 1 N–H and O–H groups in total. The number of amides is 1. The van der Waals surface area contributed by atoms with Gasteiger partial charge in [-0.15, -0.1) is 0 Å². The van der Waals surface area contributed by atoms with Crippen LogP contribution < -0.4 is 5.32 Å². The van der Waals surface area contributed by atoms with Gasteiger partial charge in [-0.3, -0.25) is 9.69 Å². The van der Waals surface area contributed by atoms with Crippen LogP contribution in [0.2, 0.25) is 0 Å². The number of imidazole rings is 1. The molecule has 0 unspecified atom stereocenters. The van der Waals surface area contributed by atoms with Crippen LogP contribution in [0, 0.1) is 0 Å². The van der Waals surface area contributed by atoms with Crippen LogP contribution in [0.4, 0.5) is 0 Å². The molecule has 0 saturated carbocycles. The Labute approximate surface area is 188 Å². The van der Waals surface area contributed by atoms with Gasteiger partial charge in [-0.2, -0.15) is 0 Å². The number of allylic oxidation sites excluding steroid dienone is 5. The molecular weight excluding hydrogens is 400 g/mol. The summed E-state index contributed by atoms with van der Waals surface area (Å²) in [5.74, 6) is -0.186. The van der Waals surface area contributed by atoms with Gasteiger partial charge in [-0.05, 0) is 36.8 Å². The third kappa shape index (κ3) is 5.22. The number of nitrogens with one attached hydrogen (secondary N) is 1. The molecular formula is C26H28N4O2. The van der Waals surface area contributed by atoms with Crippen LogP contribution in [0.15, 0.2) is 85.4 Å². The quantitative estimate of drug-likeness (QED) is 0.573. The number of nitrogens with zero attached hydrogens (tertiary/aromatic N) is 3. The maximum Gasteiger partial charge on any atom is 0.259 e. The first-order chi connectivity index (χ1) is 15.6. The standard InChI is InChI=1S/C26H28N4O2/c1-3-4-5-8-20(2)27-26(31)23-11-7-12-30-19-24(28-25(23)30)22-10-6-9-21(17-22)18-29-13-15-32-16-14-29/h3-12,17,19H,1,13-16,18H2,2H3,(H,27,31)/b5-4-,20-8+. The summed E-state index contributed by atoms with van der Waals surface area (Å²) in [6, 6.07) is 12.1. The summed E-state index contributed by atoms with van der Waals surface area (Å²) in [5.41, 5.74) is 5.04. The number of hydrogen-bond acceptors (Lipinski definition) is 4. The summed E-state index contributed by atoms with van der Waals surface area (Å²) in [6.45, 7) is 9.86. The van der Waals surface area contributed by atoms with Gasteiger partial charge in [0.2, 0.25) is 0 Å². The highest BCUT2D eigenvalue weighted by Crippen LogP contribution is 2.23. The molecule has 1 saturated heterocycles. The lowest BCUT2D eigenvalue weighted by molar-refractivity contribution is 0.0342. The van der Waals surface area contributed by atoms with Crippen LogP contribution in [0.1, 0.15) is 22.8 Å². The van der Waals surface area contributed by atoms with Gasteiger partial charge < -0.3 is 14.5 Å². The molecule has 3 heterocycles. The van der Waals surface area contributed by atoms with Gasteiger partial charge in [0, 0.05) is 43.3 Å². The largest absolute Gasteiger partial charge is 0.379 e. The molecule has 0 spiro atoms. The molecule has 0 bridgehead atoms. The molecule has 2 aromatic heterocycles. The second-order valence-electron chi connectivity index (χ2n) is 7.79. The fourth-order valence-corrected chi connectivity index (χ4v) is 3.74. The van der Waals surface area contributed by atoms with Crippen molar-refractivity contribution in [2.75, 3.05) is 26.3 Å². The first-order valence-corrected chi connectivity index (χ1v) is 10.8. The first-order valence-electron chi connectivity index (χ1n) is 10.8. The molecule has 1 amide bonds. The summed E-state index contributed by atoms with van der Waals surface area (Å²) in [4.78, 5) is 20.1. The minimum absolute atomic E-state index is 0.186. The van der Waals surface area contributed by atoms with Gasteiger partial charge in [-0.1, -0.05) is 43.0 Å². The minimum Gasteiger partial charge on any atom is -0.379 e. The zero-order chi connectivity index (χ0) is 22.3. The maximum atomic E-state index is 12.9. The Morgan fingerprint density at radius 1 is 1.22 bits per heavy atom. The third-order valence-electron chi connectivity index (χ3n) is 5.36. The predicted molar refractivity (Wildman–Crippen MR) is 127 cm³/mol. The summed E-state index contributed by atoms with van der Waals surface area (Å²) in [7, 11) is 0. The Morgan fingerprint density at radius 3 is 2.88 bits per heavy atom. The van der Waals surface area contributed by atoms with Gasteiger partial charge in [0.15, 0.2) is 0 Å². The minimum atomic E-state index is -0.186. The van der Waals surface area contributed by atoms with Crippen LogP contribution in [-0.4, -0.2) is 46.5 Å². The predicted octanol–water partition coefficient (Wildman–Crippen LogP) is 4.21. The Morgan fingerprint density at radius 2 is 2.06 bits per heavy atom. The molecule has 0 radical (unpaired) electrons. The van der Waals surface area contributed by atoms with E-state index in [0.29, 0.717) is 11.2 Å². The first kappa shape index (κ1) is 21.7. The number of fused-ring (bicyclic) bond motifs is 1. The number of carbonyl (C=O) groups is 1. The van der Waals surface area contributed by atoms with Crippen LogP contribution in [-0.2, 0) is 11.3 Å². The smallest absolute Gasteiger partial charge is 0.259 e. The van der Waals surface area contributed by atoms with Crippen LogP contribution in [0.25, 0.3) is 16.9 Å². The van der Waals surface area contributed by atoms with Crippen molar-refractivity contribution in [3.63, 3.8) is 0 Å². The highest BCUT2D eigenvalue weighted by Gasteiger charge is 2.15. The highest BCUT2D eigenvalue weighted by atomic mass is 16.5. The fraction of sp³-hybridized carbons (Fsp3) is 0.231. The van der Waals surface area contributed by atoms with Gasteiger partial charge >= 0.3 is 0 Å². The number of carbonyl (C=O) groups excluding carboxylic acids is 1. The molecule has 4 rings (SSSR count). The lowest BCUT2D eigenvalue weighted by atomic mass is 10.1. The number of aromatic nitrogens is 2. The van der Waals surface area contributed by atoms with E-state index >= 15 is 0 Å². The monoisotopic (exact) mass is 428 g/mol. The van der Waals surface area contributed by atoms with Crippen molar-refractivity contribution < 1.29 is 9.53 Å². The van der Waals surface area contributed by atoms with E-state index in [1.165, 1.54) is 5.56 Å². The molecule has 6 nitrogen and oxygen atoms in total. The van der Waals surface area contributed by atoms with Crippen molar-refractivity contribution in [1.82, 2.24) is 19.6 Å². The highest BCUT2D eigenvalue weighted by molar-refractivity contribution is 6.01. The number of hydrogen-bond donors (Lipinski definition) is 1. The summed E-state index contributed by atoms with van der Waals surface area (Å²) >= 11 is 0. The number of rotatable bonds is 7. The van der Waals surface area contributed by atoms with Crippen molar-refractivity contribution in [3.05, 3.63) is 96.5 Å². The Balaban J connectivity index is 1.57. The van der Waals surface area contributed by atoms with E-state index in [1.54, 1.807) is 12.1 Å². The van der Waals surface area contributed by atoms with Crippen LogP contribution in [0.5, 0.6) is 0 Å². The Kier molecular flexibility index (Phi) is 6.94. The lowest BCUT2D eigenvalue weighted by Crippen LogP contribution is -2.35. The number of benzene rings is 1. The van der Waals surface area contributed by atoms with E-state index in [4.69, 9.17) is 9.72 Å². The third-order valence-corrected chi connectivity index (χ3v) is 5.36. The molecule has 0 atom stereocenters. The molecule has 6 heteroatoms. The Bertz CT molecular complexity index is 1170. The Hall–Kier alpha value is -3.48. The van der Waals surface area contributed by atoms with Gasteiger partial charge in [0.05, 0.1) is 24.5 Å². The second kappa shape index (κ2) is 10.2. The topological polar surface area (TPSA) is 58.9 Å². The summed E-state index contributed by atoms with van der Waals surface area (Å²) in [6.07, 6.45) is 11.0. The zero-order valence-corrected chi connectivity index (χ0v) is 18.3. The van der Waals surface area contributed by atoms with Gasteiger partial charge in [0.25, 0.3) is 5.91 Å². The zero-order valence-electron chi connectivity index (χ0n) is 18.3. The van der Waals surface area contributed by atoms with E-state index in [9.17, 15) is 4.79 Å². The lowest BCUT2D eigenvalue weighted by Gasteiger charge is -2.26. The molecule has 1 aliphatic heterocycles. The van der Waals surface area contributed by atoms with Gasteiger partial charge in [0.1, 0.15) is 5.65 Å². The number of ether oxygens (including phenoxy) is 1. The van der Waals surface area contributed by atoms with E-state index in [0.717, 1.165) is 49.8 Å². The van der Waals surface area contributed by atoms with Crippen molar-refractivity contribution in [3.8, 4) is 11.3 Å². The van der Waals surface area contributed by atoms with Crippen molar-refractivity contribution in [1.29, 1.82) is 0 Å².